The number of aromatic nitrogens is 3. The molecule has 18 heavy (non-hydrogen) atoms. The molecule has 3 heteroatoms. The Kier molecular flexibility index (Phi) is 4.51. The van der Waals surface area contributed by atoms with Crippen LogP contribution in [0.1, 0.15) is 43.9 Å². The van der Waals surface area contributed by atoms with Gasteiger partial charge in [-0.15, -0.1) is 5.10 Å². The zero-order chi connectivity index (χ0) is 12.8. The molecule has 0 aliphatic heterocycles. The molecule has 1 aromatic carbocycles. The molecule has 0 N–H and O–H groups in total. The summed E-state index contributed by atoms with van der Waals surface area (Å²) in [4.78, 5) is 0. The highest BCUT2D eigenvalue weighted by molar-refractivity contribution is 5.33. The fourth-order valence-electron chi connectivity index (χ4n) is 1.97. The van der Waals surface area contributed by atoms with E-state index >= 15 is 0 Å². The second kappa shape index (κ2) is 6.34. The monoisotopic (exact) mass is 243 g/mol. The topological polar surface area (TPSA) is 30.7 Å². The summed E-state index contributed by atoms with van der Waals surface area (Å²) in [5, 5.41) is 8.41. The number of nitrogens with zero attached hydrogens (tertiary/aromatic N) is 3. The van der Waals surface area contributed by atoms with Gasteiger partial charge in [-0.3, -0.25) is 0 Å². The van der Waals surface area contributed by atoms with Gasteiger partial charge in [0.25, 0.3) is 0 Å². The molecular formula is C15H21N3. The van der Waals surface area contributed by atoms with Crippen molar-refractivity contribution < 1.29 is 0 Å². The first-order chi connectivity index (χ1) is 8.79. The maximum Gasteiger partial charge on any atom is 0.0831 e. The molecule has 0 aliphatic carbocycles. The summed E-state index contributed by atoms with van der Waals surface area (Å²) in [6, 6.07) is 8.34. The molecule has 96 valence electrons. The second-order valence-electron chi connectivity index (χ2n) is 4.80. The van der Waals surface area contributed by atoms with E-state index < -0.39 is 0 Å². The number of unbranched alkanes of at least 4 members (excludes halogenated alkanes) is 3. The molecule has 0 unspecified atom stereocenters. The van der Waals surface area contributed by atoms with Crippen LogP contribution in [0.15, 0.2) is 30.5 Å². The van der Waals surface area contributed by atoms with E-state index in [2.05, 4.69) is 48.4 Å². The molecule has 0 saturated carbocycles. The average Bonchev–Trinajstić information content (AvgIpc) is 2.84. The van der Waals surface area contributed by atoms with E-state index in [9.17, 15) is 0 Å². The highest BCUT2D eigenvalue weighted by Crippen LogP contribution is 2.10. The largest absolute Gasteiger partial charge is 0.220 e. The number of benzene rings is 1. The van der Waals surface area contributed by atoms with Gasteiger partial charge in [-0.05, 0) is 31.9 Å². The summed E-state index contributed by atoms with van der Waals surface area (Å²) in [5.41, 5.74) is 3.43. The molecule has 0 amide bonds. The molecule has 2 rings (SSSR count). The van der Waals surface area contributed by atoms with Crippen LogP contribution in [-0.2, 0) is 6.42 Å². The summed E-state index contributed by atoms with van der Waals surface area (Å²) in [5.74, 6) is 0. The minimum atomic E-state index is 1.03. The van der Waals surface area contributed by atoms with Crippen molar-refractivity contribution in [1.82, 2.24) is 15.0 Å². The summed E-state index contributed by atoms with van der Waals surface area (Å²) >= 11 is 0. The molecule has 1 heterocycles. The highest BCUT2D eigenvalue weighted by Gasteiger charge is 2.02. The van der Waals surface area contributed by atoms with E-state index in [0.717, 1.165) is 17.8 Å². The van der Waals surface area contributed by atoms with Crippen molar-refractivity contribution in [2.24, 2.45) is 0 Å². The fraction of sp³-hybridized carbons (Fsp3) is 0.467. The van der Waals surface area contributed by atoms with Crippen LogP contribution in [0.3, 0.4) is 0 Å². The van der Waals surface area contributed by atoms with Gasteiger partial charge in [0.1, 0.15) is 0 Å². The van der Waals surface area contributed by atoms with Gasteiger partial charge in [-0.25, -0.2) is 4.68 Å². The van der Waals surface area contributed by atoms with Crippen LogP contribution >= 0.6 is 0 Å². The average molecular weight is 243 g/mol. The van der Waals surface area contributed by atoms with E-state index in [4.69, 9.17) is 0 Å². The van der Waals surface area contributed by atoms with E-state index in [1.807, 2.05) is 10.9 Å². The van der Waals surface area contributed by atoms with Crippen LogP contribution in [0.4, 0.5) is 0 Å². The highest BCUT2D eigenvalue weighted by atomic mass is 15.4. The summed E-state index contributed by atoms with van der Waals surface area (Å²) in [6.45, 7) is 4.32. The first-order valence-electron chi connectivity index (χ1n) is 6.78. The lowest BCUT2D eigenvalue weighted by Crippen LogP contribution is -1.94. The van der Waals surface area contributed by atoms with Gasteiger partial charge in [0.2, 0.25) is 0 Å². The van der Waals surface area contributed by atoms with Crippen molar-refractivity contribution in [3.8, 4) is 5.69 Å². The Morgan fingerprint density at radius 2 is 1.83 bits per heavy atom. The normalized spacial score (nSPS) is 10.8. The molecule has 2 aromatic rings. The Labute approximate surface area is 109 Å². The number of rotatable bonds is 6. The zero-order valence-corrected chi connectivity index (χ0v) is 11.3. The van der Waals surface area contributed by atoms with Crippen molar-refractivity contribution in [3.63, 3.8) is 0 Å². The first-order valence-corrected chi connectivity index (χ1v) is 6.78. The third kappa shape index (κ3) is 3.42. The Balaban J connectivity index is 1.95. The lowest BCUT2D eigenvalue weighted by Gasteiger charge is -1.99. The van der Waals surface area contributed by atoms with Gasteiger partial charge >= 0.3 is 0 Å². The van der Waals surface area contributed by atoms with Crippen molar-refractivity contribution in [2.45, 2.75) is 46.0 Å². The number of hydrogen-bond donors (Lipinski definition) is 0. The minimum absolute atomic E-state index is 1.03. The molecule has 0 bridgehead atoms. The lowest BCUT2D eigenvalue weighted by molar-refractivity contribution is 0.659. The predicted octanol–water partition coefficient (Wildman–Crippen LogP) is 3.70. The molecule has 3 nitrogen and oxygen atoms in total. The summed E-state index contributed by atoms with van der Waals surface area (Å²) < 4.78 is 1.86. The van der Waals surface area contributed by atoms with Gasteiger partial charge < -0.3 is 0 Å². The first kappa shape index (κ1) is 12.8. The van der Waals surface area contributed by atoms with Crippen molar-refractivity contribution in [2.75, 3.05) is 0 Å². The Morgan fingerprint density at radius 3 is 2.56 bits per heavy atom. The van der Waals surface area contributed by atoms with Gasteiger partial charge in [0.05, 0.1) is 17.6 Å². The van der Waals surface area contributed by atoms with Crippen LogP contribution < -0.4 is 0 Å². The Hall–Kier alpha value is -1.64. The maximum absolute atomic E-state index is 4.23. The quantitative estimate of drug-likeness (QED) is 0.724. The van der Waals surface area contributed by atoms with E-state index in [0.29, 0.717) is 0 Å². The molecular weight excluding hydrogens is 222 g/mol. The van der Waals surface area contributed by atoms with E-state index in [-0.39, 0.29) is 0 Å². The molecule has 0 spiro atoms. The van der Waals surface area contributed by atoms with Crippen LogP contribution in [0.5, 0.6) is 0 Å². The van der Waals surface area contributed by atoms with Gasteiger partial charge in [-0.2, -0.15) is 0 Å². The van der Waals surface area contributed by atoms with Gasteiger partial charge in [-0.1, -0.05) is 49.1 Å². The Morgan fingerprint density at radius 1 is 1.06 bits per heavy atom. The van der Waals surface area contributed by atoms with Crippen LogP contribution in [0, 0.1) is 6.92 Å². The standard InChI is InChI=1S/C15H21N3/c1-3-4-5-6-7-14-12-18(17-16-14)15-10-8-13(2)9-11-15/h8-12H,3-7H2,1-2H3. The SMILES string of the molecule is CCCCCCc1cn(-c2ccc(C)cc2)nn1. The minimum Gasteiger partial charge on any atom is -0.220 e. The third-order valence-electron chi connectivity index (χ3n) is 3.13. The maximum atomic E-state index is 4.23. The van der Waals surface area contributed by atoms with Crippen LogP contribution in [-0.4, -0.2) is 15.0 Å². The summed E-state index contributed by atoms with van der Waals surface area (Å²) in [6.07, 6.45) is 8.15. The number of hydrogen-bond acceptors (Lipinski definition) is 2. The summed E-state index contributed by atoms with van der Waals surface area (Å²) in [7, 11) is 0. The zero-order valence-electron chi connectivity index (χ0n) is 11.3. The van der Waals surface area contributed by atoms with Gasteiger partial charge in [0, 0.05) is 0 Å². The molecule has 0 saturated heterocycles. The van der Waals surface area contributed by atoms with Gasteiger partial charge in [0.15, 0.2) is 0 Å². The third-order valence-corrected chi connectivity index (χ3v) is 3.13. The van der Waals surface area contributed by atoms with E-state index in [1.54, 1.807) is 0 Å². The second-order valence-corrected chi connectivity index (χ2v) is 4.80. The van der Waals surface area contributed by atoms with Crippen LogP contribution in [0.25, 0.3) is 5.69 Å². The van der Waals surface area contributed by atoms with Crippen LogP contribution in [0.2, 0.25) is 0 Å². The molecule has 0 atom stereocenters. The smallest absolute Gasteiger partial charge is 0.0831 e. The number of aryl methyl sites for hydroxylation is 2. The van der Waals surface area contributed by atoms with Crippen molar-refractivity contribution in [1.29, 1.82) is 0 Å². The Bertz CT molecular complexity index is 471. The lowest BCUT2D eigenvalue weighted by atomic mass is 10.1. The molecule has 1 aromatic heterocycles. The molecule has 0 aliphatic rings. The fourth-order valence-corrected chi connectivity index (χ4v) is 1.97. The predicted molar refractivity (Wildman–Crippen MR) is 73.9 cm³/mol. The molecule has 0 fully saturated rings. The van der Waals surface area contributed by atoms with Crippen molar-refractivity contribution in [3.05, 3.63) is 41.7 Å². The molecule has 0 radical (unpaired) electrons. The van der Waals surface area contributed by atoms with E-state index in [1.165, 1.54) is 31.2 Å². The van der Waals surface area contributed by atoms with Crippen molar-refractivity contribution >= 4 is 0 Å².